The van der Waals surface area contributed by atoms with Crippen molar-refractivity contribution < 1.29 is 9.53 Å². The summed E-state index contributed by atoms with van der Waals surface area (Å²) in [5, 5.41) is 0. The molecule has 0 N–H and O–H groups in total. The molecule has 2 rings (SSSR count). The van der Waals surface area contributed by atoms with E-state index in [1.165, 1.54) is 0 Å². The summed E-state index contributed by atoms with van der Waals surface area (Å²) in [6, 6.07) is 3.50. The van der Waals surface area contributed by atoms with E-state index in [0.717, 1.165) is 12.8 Å². The van der Waals surface area contributed by atoms with Gasteiger partial charge in [0.25, 0.3) is 0 Å². The van der Waals surface area contributed by atoms with Gasteiger partial charge in [0.05, 0.1) is 16.8 Å². The van der Waals surface area contributed by atoms with Gasteiger partial charge in [0, 0.05) is 6.20 Å². The summed E-state index contributed by atoms with van der Waals surface area (Å²) in [6.45, 7) is 2.28. The number of likely N-dealkylation sites (N-methyl/N-ethyl adjacent to an activating group) is 1. The maximum Gasteiger partial charge on any atom is 0.340 e. The van der Waals surface area contributed by atoms with E-state index in [-0.39, 0.29) is 11.5 Å². The fourth-order valence-electron chi connectivity index (χ4n) is 1.84. The minimum absolute atomic E-state index is 0.0752. The molecule has 0 spiro atoms. The second kappa shape index (κ2) is 4.45. The van der Waals surface area contributed by atoms with Gasteiger partial charge in [0.1, 0.15) is 6.61 Å². The van der Waals surface area contributed by atoms with Gasteiger partial charge in [0.15, 0.2) is 0 Å². The minimum Gasteiger partial charge on any atom is -0.460 e. The molecular formula is C13H18N2O2. The lowest BCUT2D eigenvalue weighted by Gasteiger charge is -2.23. The Morgan fingerprint density at radius 3 is 2.76 bits per heavy atom. The molecular weight excluding hydrogens is 216 g/mol. The Kier molecular flexibility index (Phi) is 3.15. The third-order valence-corrected chi connectivity index (χ3v) is 3.47. The Labute approximate surface area is 102 Å². The quantitative estimate of drug-likeness (QED) is 0.743. The molecule has 92 valence electrons. The van der Waals surface area contributed by atoms with Crippen LogP contribution in [0, 0.1) is 6.92 Å². The Balaban J connectivity index is 1.97. The molecule has 0 radical (unpaired) electrons. The molecule has 1 fully saturated rings. The van der Waals surface area contributed by atoms with E-state index < -0.39 is 0 Å². The second-order valence-electron chi connectivity index (χ2n) is 4.83. The molecule has 17 heavy (non-hydrogen) atoms. The van der Waals surface area contributed by atoms with Crippen LogP contribution in [0.4, 0.5) is 0 Å². The molecule has 1 aliphatic rings. The summed E-state index contributed by atoms with van der Waals surface area (Å²) in [6.07, 6.45) is 3.87. The zero-order chi connectivity index (χ0) is 12.5. The van der Waals surface area contributed by atoms with Gasteiger partial charge in [-0.2, -0.15) is 0 Å². The van der Waals surface area contributed by atoms with Crippen LogP contribution < -0.4 is 0 Å². The van der Waals surface area contributed by atoms with Crippen molar-refractivity contribution in [2.45, 2.75) is 25.3 Å². The Bertz CT molecular complexity index is 425. The van der Waals surface area contributed by atoms with Crippen LogP contribution in [0.15, 0.2) is 18.3 Å². The normalized spacial score (nSPS) is 16.9. The highest BCUT2D eigenvalue weighted by atomic mass is 16.5. The summed E-state index contributed by atoms with van der Waals surface area (Å²) in [5.74, 6) is -0.274. The van der Waals surface area contributed by atoms with Gasteiger partial charge >= 0.3 is 5.97 Å². The maximum absolute atomic E-state index is 11.9. The number of carbonyl (C=O) groups excluding carboxylic acids is 1. The third kappa shape index (κ3) is 2.47. The number of esters is 1. The molecule has 0 aromatic carbocycles. The monoisotopic (exact) mass is 234 g/mol. The number of ether oxygens (including phenoxy) is 1. The van der Waals surface area contributed by atoms with Crippen molar-refractivity contribution >= 4 is 5.97 Å². The number of rotatable bonds is 4. The van der Waals surface area contributed by atoms with Crippen LogP contribution in [0.5, 0.6) is 0 Å². The van der Waals surface area contributed by atoms with Crippen LogP contribution in [0.1, 0.15) is 28.9 Å². The van der Waals surface area contributed by atoms with E-state index in [4.69, 9.17) is 4.74 Å². The third-order valence-electron chi connectivity index (χ3n) is 3.47. The number of carbonyl (C=O) groups is 1. The zero-order valence-electron chi connectivity index (χ0n) is 10.6. The predicted molar refractivity (Wildman–Crippen MR) is 64.9 cm³/mol. The van der Waals surface area contributed by atoms with Gasteiger partial charge in [-0.25, -0.2) is 4.79 Å². The molecule has 0 amide bonds. The summed E-state index contributed by atoms with van der Waals surface area (Å²) in [4.78, 5) is 18.1. The molecule has 1 aliphatic carbocycles. The van der Waals surface area contributed by atoms with Crippen LogP contribution >= 0.6 is 0 Å². The fourth-order valence-corrected chi connectivity index (χ4v) is 1.84. The van der Waals surface area contributed by atoms with E-state index >= 15 is 0 Å². The van der Waals surface area contributed by atoms with Gasteiger partial charge < -0.3 is 9.64 Å². The molecule has 0 saturated heterocycles. The number of hydrogen-bond acceptors (Lipinski definition) is 4. The second-order valence-corrected chi connectivity index (χ2v) is 4.83. The standard InChI is InChI=1S/C13H18N2O2/c1-10-11(5-4-8-14-10)12(16)17-9-13(6-7-13)15(2)3/h4-5,8H,6-7,9H2,1-3H3. The molecule has 0 aliphatic heterocycles. The van der Waals surface area contributed by atoms with Crippen molar-refractivity contribution in [3.05, 3.63) is 29.6 Å². The summed E-state index contributed by atoms with van der Waals surface area (Å²) in [5.41, 5.74) is 1.35. The topological polar surface area (TPSA) is 42.4 Å². The average molecular weight is 234 g/mol. The molecule has 0 atom stereocenters. The van der Waals surface area contributed by atoms with Crippen LogP contribution in [0.2, 0.25) is 0 Å². The minimum atomic E-state index is -0.274. The van der Waals surface area contributed by atoms with Crippen molar-refractivity contribution in [2.24, 2.45) is 0 Å². The number of hydrogen-bond donors (Lipinski definition) is 0. The number of pyridine rings is 1. The number of aryl methyl sites for hydroxylation is 1. The van der Waals surface area contributed by atoms with Gasteiger partial charge in [-0.1, -0.05) is 0 Å². The summed E-state index contributed by atoms with van der Waals surface area (Å²) < 4.78 is 5.38. The Morgan fingerprint density at radius 2 is 2.24 bits per heavy atom. The van der Waals surface area contributed by atoms with Gasteiger partial charge in [0.2, 0.25) is 0 Å². The van der Waals surface area contributed by atoms with Crippen molar-refractivity contribution in [2.75, 3.05) is 20.7 Å². The van der Waals surface area contributed by atoms with Crippen LogP contribution in [-0.4, -0.2) is 42.1 Å². The van der Waals surface area contributed by atoms with E-state index in [9.17, 15) is 4.79 Å². The number of nitrogens with zero attached hydrogens (tertiary/aromatic N) is 2. The van der Waals surface area contributed by atoms with Crippen LogP contribution in [0.25, 0.3) is 0 Å². The molecule has 1 aromatic heterocycles. The molecule has 4 nitrogen and oxygen atoms in total. The zero-order valence-corrected chi connectivity index (χ0v) is 10.6. The molecule has 1 heterocycles. The molecule has 0 unspecified atom stereocenters. The van der Waals surface area contributed by atoms with Crippen LogP contribution in [0.3, 0.4) is 0 Å². The summed E-state index contributed by atoms with van der Waals surface area (Å²) >= 11 is 0. The lowest BCUT2D eigenvalue weighted by atomic mass is 10.2. The lowest BCUT2D eigenvalue weighted by molar-refractivity contribution is 0.0367. The Hall–Kier alpha value is -1.42. The SMILES string of the molecule is Cc1ncccc1C(=O)OCC1(N(C)C)CC1. The van der Waals surface area contributed by atoms with Gasteiger partial charge in [-0.05, 0) is 46.0 Å². The van der Waals surface area contributed by atoms with E-state index in [0.29, 0.717) is 17.9 Å². The smallest absolute Gasteiger partial charge is 0.340 e. The van der Waals surface area contributed by atoms with Gasteiger partial charge in [-0.3, -0.25) is 4.98 Å². The summed E-state index contributed by atoms with van der Waals surface area (Å²) in [7, 11) is 4.05. The van der Waals surface area contributed by atoms with E-state index in [1.807, 2.05) is 21.0 Å². The van der Waals surface area contributed by atoms with Crippen LogP contribution in [-0.2, 0) is 4.74 Å². The Morgan fingerprint density at radius 1 is 1.53 bits per heavy atom. The first-order chi connectivity index (χ1) is 8.05. The van der Waals surface area contributed by atoms with Crippen molar-refractivity contribution in [3.63, 3.8) is 0 Å². The highest BCUT2D eigenvalue weighted by Gasteiger charge is 2.46. The first-order valence-corrected chi connectivity index (χ1v) is 5.81. The average Bonchev–Trinajstić information content (AvgIpc) is 3.07. The highest BCUT2D eigenvalue weighted by Crippen LogP contribution is 2.40. The first kappa shape index (κ1) is 12.0. The fraction of sp³-hybridized carbons (Fsp3) is 0.538. The van der Waals surface area contributed by atoms with E-state index in [2.05, 4.69) is 9.88 Å². The molecule has 1 saturated carbocycles. The van der Waals surface area contributed by atoms with Crippen molar-refractivity contribution in [1.82, 2.24) is 9.88 Å². The molecule has 0 bridgehead atoms. The highest BCUT2D eigenvalue weighted by molar-refractivity contribution is 5.90. The van der Waals surface area contributed by atoms with E-state index in [1.54, 1.807) is 18.3 Å². The van der Waals surface area contributed by atoms with Crippen molar-refractivity contribution in [1.29, 1.82) is 0 Å². The molecule has 4 heteroatoms. The van der Waals surface area contributed by atoms with Gasteiger partial charge in [-0.15, -0.1) is 0 Å². The predicted octanol–water partition coefficient (Wildman–Crippen LogP) is 1.64. The molecule has 1 aromatic rings. The lowest BCUT2D eigenvalue weighted by Crippen LogP contribution is -2.35. The largest absolute Gasteiger partial charge is 0.460 e. The first-order valence-electron chi connectivity index (χ1n) is 5.81. The maximum atomic E-state index is 11.9. The number of aromatic nitrogens is 1. The van der Waals surface area contributed by atoms with Crippen molar-refractivity contribution in [3.8, 4) is 0 Å².